The lowest BCUT2D eigenvalue weighted by Crippen LogP contribution is -2.18. The number of nitrogens with two attached hydrogens (primary N) is 1. The molecule has 130 valence electrons. The molecule has 2 aromatic carbocycles. The molecule has 0 aliphatic heterocycles. The fraction of sp³-hybridized carbons (Fsp3) is 0.316. The van der Waals surface area contributed by atoms with E-state index in [2.05, 4.69) is 15.7 Å². The molecular formula is C19H21N3O2S. The summed E-state index contributed by atoms with van der Waals surface area (Å²) >= 11 is 0. The van der Waals surface area contributed by atoms with Gasteiger partial charge in [0.2, 0.25) is 0 Å². The quantitative estimate of drug-likeness (QED) is 0.862. The van der Waals surface area contributed by atoms with Crippen molar-refractivity contribution in [3.63, 3.8) is 0 Å². The summed E-state index contributed by atoms with van der Waals surface area (Å²) in [5.41, 5.74) is 5.97. The maximum absolute atomic E-state index is 12.6. The van der Waals surface area contributed by atoms with Crippen molar-refractivity contribution in [2.45, 2.75) is 43.4 Å². The van der Waals surface area contributed by atoms with Crippen molar-refractivity contribution in [2.75, 3.05) is 5.32 Å². The van der Waals surface area contributed by atoms with E-state index in [1.54, 1.807) is 30.3 Å². The molecule has 1 atom stereocenters. The van der Waals surface area contributed by atoms with E-state index in [0.29, 0.717) is 4.90 Å². The predicted octanol–water partition coefficient (Wildman–Crippen LogP) is 3.60. The number of anilines is 1. The fourth-order valence-electron chi connectivity index (χ4n) is 3.89. The van der Waals surface area contributed by atoms with Gasteiger partial charge >= 0.3 is 6.03 Å². The monoisotopic (exact) mass is 355 g/mol. The zero-order chi connectivity index (χ0) is 17.4. The van der Waals surface area contributed by atoms with Crippen LogP contribution in [0.4, 0.5) is 10.5 Å². The molecule has 25 heavy (non-hydrogen) atoms. The van der Waals surface area contributed by atoms with Crippen LogP contribution in [0.1, 0.15) is 35.1 Å². The third kappa shape index (κ3) is 3.07. The van der Waals surface area contributed by atoms with Gasteiger partial charge in [-0.25, -0.2) is 14.1 Å². The topological polar surface area (TPSA) is 84.6 Å². The number of aryl methyl sites for hydroxylation is 2. The molecule has 0 bridgehead atoms. The van der Waals surface area contributed by atoms with E-state index in [4.69, 9.17) is 5.14 Å². The zero-order valence-corrected chi connectivity index (χ0v) is 14.8. The van der Waals surface area contributed by atoms with Crippen molar-refractivity contribution in [1.29, 1.82) is 0 Å². The Morgan fingerprint density at radius 1 is 1.00 bits per heavy atom. The molecule has 0 heterocycles. The lowest BCUT2D eigenvalue weighted by molar-refractivity contribution is 0.260. The van der Waals surface area contributed by atoms with Crippen LogP contribution in [0.2, 0.25) is 0 Å². The van der Waals surface area contributed by atoms with E-state index >= 15 is 0 Å². The molecule has 2 aromatic rings. The highest BCUT2D eigenvalue weighted by molar-refractivity contribution is 7.91. The number of hydrogen-bond acceptors (Lipinski definition) is 2. The summed E-state index contributed by atoms with van der Waals surface area (Å²) in [5, 5.41) is 8.72. The molecule has 3 N–H and O–H groups in total. The molecule has 6 heteroatoms. The first-order chi connectivity index (χ1) is 12.0. The second-order valence-corrected chi connectivity index (χ2v) is 8.43. The Morgan fingerprint density at radius 3 is 2.20 bits per heavy atom. The van der Waals surface area contributed by atoms with Crippen molar-refractivity contribution < 1.29 is 9.00 Å². The van der Waals surface area contributed by atoms with Crippen LogP contribution in [0.25, 0.3) is 0 Å². The maximum Gasteiger partial charge on any atom is 0.354 e. The van der Waals surface area contributed by atoms with Crippen LogP contribution in [0, 0.1) is 0 Å². The minimum atomic E-state index is -3.24. The van der Waals surface area contributed by atoms with Crippen LogP contribution in [0.3, 0.4) is 0 Å². The first kappa shape index (κ1) is 16.3. The molecule has 0 radical (unpaired) electrons. The van der Waals surface area contributed by atoms with Gasteiger partial charge < -0.3 is 5.32 Å². The van der Waals surface area contributed by atoms with Crippen molar-refractivity contribution >= 4 is 21.6 Å². The Balaban J connectivity index is 1.69. The van der Waals surface area contributed by atoms with Gasteiger partial charge in [0, 0.05) is 5.69 Å². The van der Waals surface area contributed by atoms with Gasteiger partial charge in [-0.15, -0.1) is 4.36 Å². The fourth-order valence-corrected chi connectivity index (χ4v) is 4.83. The van der Waals surface area contributed by atoms with Gasteiger partial charge in [0.05, 0.1) is 4.90 Å². The van der Waals surface area contributed by atoms with E-state index in [1.807, 2.05) is 0 Å². The van der Waals surface area contributed by atoms with Crippen LogP contribution in [0.5, 0.6) is 0 Å². The highest BCUT2D eigenvalue weighted by Crippen LogP contribution is 2.38. The van der Waals surface area contributed by atoms with Gasteiger partial charge in [-0.05, 0) is 72.9 Å². The second-order valence-electron chi connectivity index (χ2n) is 6.64. The van der Waals surface area contributed by atoms with Crippen LogP contribution in [-0.2, 0) is 35.6 Å². The highest BCUT2D eigenvalue weighted by Gasteiger charge is 2.25. The standard InChI is InChI=1S/C19H21N3O2S/c20-25(24,15-8-2-1-3-9-15)22-19(23)21-18-16-10-4-6-13(16)12-14-7-5-11-17(14)18/h1-3,8-9,12H,4-7,10-11H2,(H3,20,21,22,23,24)/t25-/m0/s1. The summed E-state index contributed by atoms with van der Waals surface area (Å²) < 4.78 is 16.4. The predicted molar refractivity (Wildman–Crippen MR) is 99.0 cm³/mol. The van der Waals surface area contributed by atoms with Crippen molar-refractivity contribution in [3.05, 3.63) is 58.7 Å². The number of carbonyl (C=O) groups excluding carboxylic acids is 1. The third-order valence-corrected chi connectivity index (χ3v) is 6.39. The molecule has 5 nitrogen and oxygen atoms in total. The molecule has 2 amide bonds. The Morgan fingerprint density at radius 2 is 1.60 bits per heavy atom. The van der Waals surface area contributed by atoms with Gasteiger partial charge in [0.1, 0.15) is 9.92 Å². The van der Waals surface area contributed by atoms with E-state index in [0.717, 1.165) is 44.2 Å². The first-order valence-electron chi connectivity index (χ1n) is 8.62. The van der Waals surface area contributed by atoms with Crippen LogP contribution in [0.15, 0.2) is 45.7 Å². The SMILES string of the molecule is N[S@](=O)(=NC(=O)Nc1c2c(cc3c1CCC3)CCC2)c1ccccc1. The third-order valence-electron chi connectivity index (χ3n) is 5.00. The lowest BCUT2D eigenvalue weighted by Gasteiger charge is -2.15. The number of rotatable bonds is 2. The summed E-state index contributed by atoms with van der Waals surface area (Å²) in [6, 6.07) is 10.2. The minimum absolute atomic E-state index is 0.355. The van der Waals surface area contributed by atoms with E-state index < -0.39 is 15.9 Å². The van der Waals surface area contributed by atoms with Crippen LogP contribution in [-0.4, -0.2) is 10.2 Å². The molecule has 0 spiro atoms. The molecule has 2 aliphatic rings. The van der Waals surface area contributed by atoms with Crippen LogP contribution < -0.4 is 10.5 Å². The van der Waals surface area contributed by atoms with E-state index in [9.17, 15) is 9.00 Å². The van der Waals surface area contributed by atoms with Gasteiger partial charge in [0.15, 0.2) is 0 Å². The summed E-state index contributed by atoms with van der Waals surface area (Å²) in [6.45, 7) is 0. The maximum atomic E-state index is 12.6. The summed E-state index contributed by atoms with van der Waals surface area (Å²) in [6.07, 6.45) is 6.26. The van der Waals surface area contributed by atoms with E-state index in [1.165, 1.54) is 22.3 Å². The molecule has 0 saturated heterocycles. The summed E-state index contributed by atoms with van der Waals surface area (Å²) in [4.78, 5) is 12.8. The highest BCUT2D eigenvalue weighted by atomic mass is 32.2. The Labute approximate surface area is 147 Å². The van der Waals surface area contributed by atoms with Crippen molar-refractivity contribution in [3.8, 4) is 0 Å². The normalized spacial score (nSPS) is 17.5. The summed E-state index contributed by atoms with van der Waals surface area (Å²) in [7, 11) is -3.24. The first-order valence-corrected chi connectivity index (χ1v) is 10.2. The van der Waals surface area contributed by atoms with Crippen molar-refractivity contribution in [1.82, 2.24) is 0 Å². The van der Waals surface area contributed by atoms with Gasteiger partial charge in [-0.1, -0.05) is 24.3 Å². The molecule has 0 aromatic heterocycles. The minimum Gasteiger partial charge on any atom is -0.305 e. The molecule has 2 aliphatic carbocycles. The van der Waals surface area contributed by atoms with Gasteiger partial charge in [-0.3, -0.25) is 0 Å². The Bertz CT molecular complexity index is 928. The average Bonchev–Trinajstić information content (AvgIpc) is 3.24. The number of carbonyl (C=O) groups is 1. The summed E-state index contributed by atoms with van der Waals surface area (Å²) in [5.74, 6) is 0. The molecule has 0 fully saturated rings. The number of urea groups is 1. The van der Waals surface area contributed by atoms with Gasteiger partial charge in [-0.2, -0.15) is 0 Å². The zero-order valence-electron chi connectivity index (χ0n) is 14.0. The van der Waals surface area contributed by atoms with Crippen LogP contribution >= 0.6 is 0 Å². The van der Waals surface area contributed by atoms with E-state index in [-0.39, 0.29) is 0 Å². The number of hydrogen-bond donors (Lipinski definition) is 2. The number of nitrogens with one attached hydrogen (secondary N) is 1. The lowest BCUT2D eigenvalue weighted by atomic mass is 9.99. The number of nitrogens with zero attached hydrogens (tertiary/aromatic N) is 1. The smallest absolute Gasteiger partial charge is 0.305 e. The number of fused-ring (bicyclic) bond motifs is 2. The van der Waals surface area contributed by atoms with Gasteiger partial charge in [0.25, 0.3) is 0 Å². The Hall–Kier alpha value is -2.18. The largest absolute Gasteiger partial charge is 0.354 e. The molecular weight excluding hydrogens is 334 g/mol. The second kappa shape index (κ2) is 6.28. The molecule has 0 saturated carbocycles. The van der Waals surface area contributed by atoms with Crippen molar-refractivity contribution in [2.24, 2.45) is 9.50 Å². The Kier molecular flexibility index (Phi) is 4.09. The number of benzene rings is 2. The molecule has 0 unspecified atom stereocenters. The number of amides is 2. The average molecular weight is 355 g/mol. The molecule has 4 rings (SSSR count).